The molecule has 1 N–H and O–H groups in total. The van der Waals surface area contributed by atoms with Crippen molar-refractivity contribution in [2.75, 3.05) is 13.2 Å². The lowest BCUT2D eigenvalue weighted by Gasteiger charge is -2.08. The van der Waals surface area contributed by atoms with Crippen LogP contribution in [0.1, 0.15) is 5.56 Å². The summed E-state index contributed by atoms with van der Waals surface area (Å²) in [4.78, 5) is 11.6. The Balaban J connectivity index is 1.69. The van der Waals surface area contributed by atoms with Crippen LogP contribution < -0.4 is 10.1 Å². The Morgan fingerprint density at radius 3 is 2.67 bits per heavy atom. The van der Waals surface area contributed by atoms with E-state index in [1.807, 2.05) is 24.3 Å². The molecule has 0 aliphatic rings. The largest absolute Gasteiger partial charge is 0.484 e. The number of halogens is 2. The molecule has 0 spiro atoms. The molecule has 2 aromatic carbocycles. The standard InChI is InChI=1S/C16H15FINO2/c17-13-6-4-12(5-7-13)8-9-19-16(20)11-21-15-3-1-2-14(18)10-15/h1-7,10H,8-9,11H2,(H,19,20). The van der Waals surface area contributed by atoms with Crippen LogP contribution in [0.5, 0.6) is 5.75 Å². The first kappa shape index (κ1) is 15.8. The van der Waals surface area contributed by atoms with Crippen LogP contribution in [-0.4, -0.2) is 19.1 Å². The fourth-order valence-corrected chi connectivity index (χ4v) is 2.27. The van der Waals surface area contributed by atoms with Gasteiger partial charge in [0.05, 0.1) is 0 Å². The Hall–Kier alpha value is -1.63. The molecule has 0 saturated carbocycles. The minimum absolute atomic E-state index is 0.0104. The van der Waals surface area contributed by atoms with Crippen molar-refractivity contribution >= 4 is 28.5 Å². The molecule has 3 nitrogen and oxygen atoms in total. The van der Waals surface area contributed by atoms with Crippen molar-refractivity contribution < 1.29 is 13.9 Å². The van der Waals surface area contributed by atoms with Gasteiger partial charge in [-0.05, 0) is 64.9 Å². The SMILES string of the molecule is O=C(COc1cccc(I)c1)NCCc1ccc(F)cc1. The zero-order chi connectivity index (χ0) is 15.1. The number of ether oxygens (including phenoxy) is 1. The monoisotopic (exact) mass is 399 g/mol. The fraction of sp³-hybridized carbons (Fsp3) is 0.188. The lowest BCUT2D eigenvalue weighted by molar-refractivity contribution is -0.123. The number of carbonyl (C=O) groups excluding carboxylic acids is 1. The van der Waals surface area contributed by atoms with Crippen molar-refractivity contribution in [3.8, 4) is 5.75 Å². The van der Waals surface area contributed by atoms with Gasteiger partial charge in [-0.25, -0.2) is 4.39 Å². The summed E-state index contributed by atoms with van der Waals surface area (Å²) in [6, 6.07) is 13.8. The molecule has 0 heterocycles. The molecule has 0 aromatic heterocycles. The summed E-state index contributed by atoms with van der Waals surface area (Å²) in [5, 5.41) is 2.77. The van der Waals surface area contributed by atoms with Crippen LogP contribution in [0.25, 0.3) is 0 Å². The Morgan fingerprint density at radius 2 is 1.95 bits per heavy atom. The second kappa shape index (κ2) is 7.97. The third-order valence-electron chi connectivity index (χ3n) is 2.82. The summed E-state index contributed by atoms with van der Waals surface area (Å²) in [7, 11) is 0. The molecule has 2 aromatic rings. The maximum atomic E-state index is 12.7. The van der Waals surface area contributed by atoms with Crippen LogP contribution in [0.15, 0.2) is 48.5 Å². The Kier molecular flexibility index (Phi) is 5.98. The summed E-state index contributed by atoms with van der Waals surface area (Å²) in [5.74, 6) is 0.250. The van der Waals surface area contributed by atoms with E-state index in [4.69, 9.17) is 4.74 Å². The van der Waals surface area contributed by atoms with Crippen molar-refractivity contribution in [2.45, 2.75) is 6.42 Å². The maximum absolute atomic E-state index is 12.7. The van der Waals surface area contributed by atoms with Crippen molar-refractivity contribution in [3.63, 3.8) is 0 Å². The van der Waals surface area contributed by atoms with Crippen LogP contribution in [0, 0.1) is 9.39 Å². The molecule has 0 unspecified atom stereocenters. The Morgan fingerprint density at radius 1 is 1.19 bits per heavy atom. The lowest BCUT2D eigenvalue weighted by atomic mass is 10.1. The fourth-order valence-electron chi connectivity index (χ4n) is 1.75. The van der Waals surface area contributed by atoms with E-state index in [1.165, 1.54) is 12.1 Å². The minimum Gasteiger partial charge on any atom is -0.484 e. The van der Waals surface area contributed by atoms with Crippen LogP contribution in [0.3, 0.4) is 0 Å². The molecule has 0 aliphatic carbocycles. The molecular weight excluding hydrogens is 384 g/mol. The van der Waals surface area contributed by atoms with E-state index in [2.05, 4.69) is 27.9 Å². The van der Waals surface area contributed by atoms with E-state index >= 15 is 0 Å². The average molecular weight is 399 g/mol. The van der Waals surface area contributed by atoms with Gasteiger partial charge in [-0.1, -0.05) is 18.2 Å². The molecule has 0 radical (unpaired) electrons. The van der Waals surface area contributed by atoms with Gasteiger partial charge in [0.15, 0.2) is 6.61 Å². The van der Waals surface area contributed by atoms with Gasteiger partial charge in [0, 0.05) is 10.1 Å². The van der Waals surface area contributed by atoms with Crippen LogP contribution in [0.2, 0.25) is 0 Å². The number of benzene rings is 2. The molecule has 2 rings (SSSR count). The summed E-state index contributed by atoms with van der Waals surface area (Å²) in [6.07, 6.45) is 0.662. The van der Waals surface area contributed by atoms with E-state index in [-0.39, 0.29) is 18.3 Å². The van der Waals surface area contributed by atoms with Crippen LogP contribution in [0.4, 0.5) is 4.39 Å². The number of amides is 1. The maximum Gasteiger partial charge on any atom is 0.257 e. The highest BCUT2D eigenvalue weighted by molar-refractivity contribution is 14.1. The number of hydrogen-bond acceptors (Lipinski definition) is 2. The van der Waals surface area contributed by atoms with Gasteiger partial charge < -0.3 is 10.1 Å². The number of hydrogen-bond donors (Lipinski definition) is 1. The first-order valence-electron chi connectivity index (χ1n) is 6.53. The van der Waals surface area contributed by atoms with Crippen molar-refractivity contribution in [1.29, 1.82) is 0 Å². The summed E-state index contributed by atoms with van der Waals surface area (Å²) in [5.41, 5.74) is 0.982. The van der Waals surface area contributed by atoms with Crippen LogP contribution >= 0.6 is 22.6 Å². The number of nitrogens with one attached hydrogen (secondary N) is 1. The molecule has 110 valence electrons. The van der Waals surface area contributed by atoms with Crippen molar-refractivity contribution in [3.05, 3.63) is 63.5 Å². The van der Waals surface area contributed by atoms with Gasteiger partial charge >= 0.3 is 0 Å². The third-order valence-corrected chi connectivity index (χ3v) is 3.49. The van der Waals surface area contributed by atoms with Crippen LogP contribution in [-0.2, 0) is 11.2 Å². The molecule has 0 saturated heterocycles. The third kappa shape index (κ3) is 5.71. The highest BCUT2D eigenvalue weighted by atomic mass is 127. The van der Waals surface area contributed by atoms with E-state index in [0.717, 1.165) is 9.13 Å². The van der Waals surface area contributed by atoms with E-state index < -0.39 is 0 Å². The zero-order valence-corrected chi connectivity index (χ0v) is 13.5. The minimum atomic E-state index is -0.256. The quantitative estimate of drug-likeness (QED) is 0.759. The van der Waals surface area contributed by atoms with E-state index in [1.54, 1.807) is 12.1 Å². The molecule has 5 heteroatoms. The summed E-state index contributed by atoms with van der Waals surface area (Å²) < 4.78 is 19.2. The molecule has 0 atom stereocenters. The Labute approximate surface area is 136 Å². The Bertz CT molecular complexity index is 601. The lowest BCUT2D eigenvalue weighted by Crippen LogP contribution is -2.30. The van der Waals surface area contributed by atoms with Crippen molar-refractivity contribution in [2.24, 2.45) is 0 Å². The molecule has 0 fully saturated rings. The van der Waals surface area contributed by atoms with Gasteiger partial charge in [0.1, 0.15) is 11.6 Å². The van der Waals surface area contributed by atoms with Gasteiger partial charge in [-0.3, -0.25) is 4.79 Å². The highest BCUT2D eigenvalue weighted by Crippen LogP contribution is 2.14. The second-order valence-electron chi connectivity index (χ2n) is 4.47. The molecule has 0 bridgehead atoms. The predicted octanol–water partition coefficient (Wildman–Crippen LogP) is 3.17. The first-order valence-corrected chi connectivity index (χ1v) is 7.61. The molecule has 21 heavy (non-hydrogen) atoms. The topological polar surface area (TPSA) is 38.3 Å². The highest BCUT2D eigenvalue weighted by Gasteiger charge is 2.03. The van der Waals surface area contributed by atoms with Gasteiger partial charge in [-0.15, -0.1) is 0 Å². The molecule has 0 aliphatic heterocycles. The molecular formula is C16H15FINO2. The summed E-state index contributed by atoms with van der Waals surface area (Å²) in [6.45, 7) is 0.490. The molecule has 1 amide bonds. The van der Waals surface area contributed by atoms with E-state index in [0.29, 0.717) is 18.7 Å². The van der Waals surface area contributed by atoms with Crippen molar-refractivity contribution in [1.82, 2.24) is 5.32 Å². The van der Waals surface area contributed by atoms with Gasteiger partial charge in [0.2, 0.25) is 0 Å². The number of carbonyl (C=O) groups is 1. The zero-order valence-electron chi connectivity index (χ0n) is 11.3. The normalized spacial score (nSPS) is 10.2. The average Bonchev–Trinajstić information content (AvgIpc) is 2.47. The van der Waals surface area contributed by atoms with E-state index in [9.17, 15) is 9.18 Å². The number of rotatable bonds is 6. The smallest absolute Gasteiger partial charge is 0.257 e. The predicted molar refractivity (Wildman–Crippen MR) is 87.8 cm³/mol. The van der Waals surface area contributed by atoms with Gasteiger partial charge in [0.25, 0.3) is 5.91 Å². The first-order chi connectivity index (χ1) is 10.1. The second-order valence-corrected chi connectivity index (χ2v) is 5.72. The summed E-state index contributed by atoms with van der Waals surface area (Å²) >= 11 is 2.19. The van der Waals surface area contributed by atoms with Gasteiger partial charge in [-0.2, -0.15) is 0 Å².